The maximum Gasteiger partial charge on any atom is 0.183 e. The summed E-state index contributed by atoms with van der Waals surface area (Å²) in [6, 6.07) is 48.5. The predicted molar refractivity (Wildman–Crippen MR) is 663 cm³/mol. The zero-order valence-electron chi connectivity index (χ0n) is 84.1. The third-order valence-corrected chi connectivity index (χ3v) is 32.4. The van der Waals surface area contributed by atoms with Crippen LogP contribution in [-0.4, -0.2) is 454 Å². The van der Waals surface area contributed by atoms with Crippen molar-refractivity contribution in [1.29, 1.82) is 0 Å². The molecule has 7 aliphatic rings. The van der Waals surface area contributed by atoms with E-state index in [-0.39, 0.29) is 70.9 Å². The van der Waals surface area contributed by atoms with Crippen molar-refractivity contribution in [2.75, 3.05) is 7.05 Å². The summed E-state index contributed by atoms with van der Waals surface area (Å²) in [6.07, 6.45) is 5.32. The van der Waals surface area contributed by atoms with Gasteiger partial charge in [-0.25, -0.2) is 22.8 Å². The molecule has 3 aromatic carbocycles. The van der Waals surface area contributed by atoms with Crippen molar-refractivity contribution >= 4 is 436 Å². The Morgan fingerprint density at radius 2 is 0.601 bits per heavy atom. The van der Waals surface area contributed by atoms with Gasteiger partial charge in [0, 0.05) is 493 Å². The first-order valence-corrected chi connectivity index (χ1v) is 49.0. The number of nitrogens with zero attached hydrogens (tertiary/aromatic N) is 7. The summed E-state index contributed by atoms with van der Waals surface area (Å²) in [5.74, 6) is 4.99. The molecule has 60 radical (unpaired) electrons. The van der Waals surface area contributed by atoms with E-state index in [0.29, 0.717) is 95.9 Å². The lowest BCUT2D eigenvalue weighted by atomic mass is 8.57. The van der Waals surface area contributed by atoms with E-state index in [1.54, 1.807) is 0 Å². The summed E-state index contributed by atoms with van der Waals surface area (Å²) in [5, 5.41) is 2.49. The fraction of sp³-hybridized carbons (Fsp3) is 0.394. The van der Waals surface area contributed by atoms with Crippen LogP contribution in [0.1, 0.15) is 117 Å². The van der Waals surface area contributed by atoms with Crippen LogP contribution in [-0.2, 0) is 35.2 Å². The maximum atomic E-state index is 6.25. The van der Waals surface area contributed by atoms with E-state index in [1.807, 2.05) is 49.6 Å². The largest absolute Gasteiger partial charge is 0.362 e. The van der Waals surface area contributed by atoms with Gasteiger partial charge in [0.15, 0.2) is 59.5 Å². The van der Waals surface area contributed by atoms with Crippen LogP contribution in [0.4, 0.5) is 0 Å². The van der Waals surface area contributed by atoms with Crippen LogP contribution in [0.15, 0.2) is 183 Å². The molecule has 7 nitrogen and oxygen atoms in total. The first-order valence-electron chi connectivity index (χ1n) is 49.0. The predicted octanol–water partition coefficient (Wildman–Crippen LogP) is -9.16. The zero-order valence-corrected chi connectivity index (χ0v) is 84.1. The Labute approximate surface area is 886 Å². The summed E-state index contributed by atoms with van der Waals surface area (Å²) in [5.41, 5.74) is 13.7. The van der Waals surface area contributed by atoms with Crippen molar-refractivity contribution in [3.8, 4) is 22.3 Å². The number of aromatic nitrogens is 5. The van der Waals surface area contributed by atoms with Gasteiger partial charge in [-0.2, -0.15) is 0 Å². The first-order chi connectivity index (χ1) is 64.8. The van der Waals surface area contributed by atoms with Crippen molar-refractivity contribution in [3.05, 3.63) is 223 Å². The highest BCUT2D eigenvalue weighted by atomic mass is 15.4. The van der Waals surface area contributed by atoms with Gasteiger partial charge in [-0.1, -0.05) is 161 Å². The molecule has 6 saturated heterocycles. The first kappa shape index (κ1) is 117. The standard InChI is InChI=1S/2C15H16B10N.C13H14B10N.C11H16B10N.C9H12B10N.C8H14B10N2/c1-11-15(21(11)25(23(18)19)24(20)22(16)17)14-10-13(8-9-26(14)2)12-6-4-3-5-7-12;1-11-15(21(11)25(23(18)19)24(20)22(16)17)14-9-8-13(10-26(14)2)12-6-4-3-5-7-12;1-9-12(19(9)23(21(16)17)22(18)20(14)15)13-11-6-4-3-5-10(11)7-8-24(13)2;1-7-5-10(22(4)6-8(7)2)11-9(3)17(11)21(19(14)15)20(16)18(12)13;1-7-9(8-5-3-4-6-20(8)2)15(7)19(17(12)13)18(14)16(10)11;1-6-8(20-5-4-19(3)7(20)2)14(6)18(16(11)12)17(13)15(9)10/h2*3-11,15H,1-2H3;3-9,12H,1-2H3;5-6,9,11H,1-4H3;3-7,9H,1-2H3;4-8H,1-3H3/q5*+1;/t;;;;;6?,7-,8?/m.....0/s1. The average Bonchev–Trinajstić information content (AvgIpc) is 1.57. The summed E-state index contributed by atoms with van der Waals surface area (Å²) < 4.78 is 10.9. The van der Waals surface area contributed by atoms with Gasteiger partial charge in [-0.05, 0) is 66.5 Å². The van der Waals surface area contributed by atoms with Crippen molar-refractivity contribution in [3.63, 3.8) is 0 Å². The fourth-order valence-electron chi connectivity index (χ4n) is 23.8. The Morgan fingerprint density at radius 1 is 0.268 bits per heavy atom. The molecule has 0 saturated carbocycles. The van der Waals surface area contributed by atoms with Crippen molar-refractivity contribution in [2.24, 2.45) is 35.2 Å². The molecule has 12 heterocycles. The fourth-order valence-corrected chi connectivity index (χ4v) is 23.8. The number of pyridine rings is 5. The molecule has 0 bridgehead atoms. The Balaban J connectivity index is 0.000000171. The highest BCUT2D eigenvalue weighted by Gasteiger charge is 2.66. The topological polar surface area (TPSA) is 25.9 Å². The number of hydrogen-bond donors (Lipinski definition) is 0. The van der Waals surface area contributed by atoms with Gasteiger partial charge in [-0.3, -0.25) is 0 Å². The lowest BCUT2D eigenvalue weighted by Gasteiger charge is -2.30. The van der Waals surface area contributed by atoms with E-state index >= 15 is 0 Å². The van der Waals surface area contributed by atoms with E-state index in [1.165, 1.54) is 72.6 Å². The second-order valence-corrected chi connectivity index (χ2v) is 41.6. The Kier molecular flexibility index (Phi) is 42.9. The van der Waals surface area contributed by atoms with Gasteiger partial charge in [0.2, 0.25) is 0 Å². The molecule has 6 fully saturated rings. The van der Waals surface area contributed by atoms with Gasteiger partial charge < -0.3 is 9.80 Å². The highest BCUT2D eigenvalue weighted by molar-refractivity contribution is 8.05. The molecule has 0 spiro atoms. The minimum absolute atomic E-state index is 0.0680. The number of fused-ring (bicyclic) bond motifs is 1. The number of rotatable bonds is 32. The molecule has 0 aliphatic carbocycles. The molecule has 12 unspecified atom stereocenters. The van der Waals surface area contributed by atoms with E-state index in [4.69, 9.17) is 232 Å². The number of aryl methyl sites for hydroxylation is 7. The number of benzene rings is 3. The molecule has 5 aromatic heterocycles. The van der Waals surface area contributed by atoms with Gasteiger partial charge in [0.1, 0.15) is 74.9 Å². The summed E-state index contributed by atoms with van der Waals surface area (Å²) in [6.45, 7) is 21.5. The zero-order chi connectivity index (χ0) is 103. The summed E-state index contributed by atoms with van der Waals surface area (Å²) in [4.78, 5) is 4.52. The molecule has 7 aliphatic heterocycles. The molecule has 138 heavy (non-hydrogen) atoms. The van der Waals surface area contributed by atoms with Gasteiger partial charge >= 0.3 is 0 Å². The molecule has 8 aromatic rings. The molecule has 0 amide bonds. The molecule has 15 rings (SSSR count). The second-order valence-electron chi connectivity index (χ2n) is 41.6. The monoisotopic (exact) mass is 1700 g/mol. The van der Waals surface area contributed by atoms with Crippen LogP contribution < -0.4 is 22.8 Å². The van der Waals surface area contributed by atoms with E-state index in [2.05, 4.69) is 271 Å². The third-order valence-electron chi connectivity index (χ3n) is 32.4. The normalized spacial score (nSPS) is 20.4. The van der Waals surface area contributed by atoms with Crippen LogP contribution in [0.5, 0.6) is 0 Å². The SMILES string of the molecule is [B]B([B])B([B])B(B([B])[B])B1C(C)C1N1C=CN(C)[C@@H]1C.[B]B([B])B([B])B(B([B])[B])B1C(C)C1c1c2ccccc2cc[n+]1C.[B]B([B])B([B])B(B([B])[B])B1C(C)C1c1cc(-c2ccccc2)cc[n+]1C.[B]B([B])B([B])B(B([B])[B])B1C(C)C1c1cc(C)c(C)c[n+]1C.[B]B([B])B([B])B(B([B])[B])B1C(C)C1c1ccc(-c2ccccc2)c[n+]1C.[B]B([B])B([B])B(B([B])[B])B1C(C)C1c1cccc[n+]1C. The van der Waals surface area contributed by atoms with Crippen LogP contribution in [0.2, 0.25) is 34.9 Å². The van der Waals surface area contributed by atoms with Crippen LogP contribution in [0, 0.1) is 13.8 Å². The average molecular weight is 1690 g/mol. The highest BCUT2D eigenvalue weighted by Crippen LogP contribution is 2.56. The van der Waals surface area contributed by atoms with Crippen molar-refractivity contribution in [1.82, 2.24) is 9.80 Å². The maximum absolute atomic E-state index is 6.25. The van der Waals surface area contributed by atoms with Gasteiger partial charge in [-0.15, -0.1) is 0 Å². The number of hydrogen-bond acceptors (Lipinski definition) is 2. The second kappa shape index (κ2) is 50.7. The van der Waals surface area contributed by atoms with E-state index in [9.17, 15) is 0 Å². The van der Waals surface area contributed by atoms with Gasteiger partial charge in [0.25, 0.3) is 0 Å². The van der Waals surface area contributed by atoms with E-state index < -0.39 is 102 Å². The molecular formula is C71H88B60N7+5. The van der Waals surface area contributed by atoms with E-state index in [0.717, 1.165) is 0 Å². The smallest absolute Gasteiger partial charge is 0.183 e. The Bertz CT molecular complexity index is 5270. The third kappa shape index (κ3) is 27.3. The Morgan fingerprint density at radius 3 is 0.986 bits per heavy atom. The quantitative estimate of drug-likeness (QED) is 0.0310. The lowest BCUT2D eigenvalue weighted by Crippen LogP contribution is -2.64. The molecular weight excluding hydrogens is 1600 g/mol. The van der Waals surface area contributed by atoms with Crippen molar-refractivity contribution in [2.45, 2.75) is 138 Å². The molecule has 582 valence electrons. The molecule has 67 heteroatoms. The molecule has 13 atom stereocenters. The van der Waals surface area contributed by atoms with Crippen LogP contribution in [0.3, 0.4) is 0 Å². The minimum Gasteiger partial charge on any atom is -0.362 e. The lowest BCUT2D eigenvalue weighted by molar-refractivity contribution is -0.679. The Hall–Kier alpha value is -3.09. The van der Waals surface area contributed by atoms with Crippen molar-refractivity contribution < 1.29 is 22.8 Å². The van der Waals surface area contributed by atoms with Crippen LogP contribution in [0.25, 0.3) is 33.0 Å². The summed E-state index contributed by atoms with van der Waals surface area (Å²) in [7, 11) is 191. The minimum atomic E-state index is -0.632. The molecule has 0 N–H and O–H groups in total. The van der Waals surface area contributed by atoms with Crippen LogP contribution >= 0.6 is 0 Å². The summed E-state index contributed by atoms with van der Waals surface area (Å²) >= 11 is 0. The van der Waals surface area contributed by atoms with Gasteiger partial charge in [0.05, 0.1) is 6.17 Å².